The number of benzene rings is 3. The predicted molar refractivity (Wildman–Crippen MR) is 419 cm³/mol. The molecule has 0 spiro atoms. The van der Waals surface area contributed by atoms with Crippen molar-refractivity contribution in [2.24, 2.45) is 28.9 Å². The molecule has 119 heavy (non-hydrogen) atoms. The number of carboxylic acids is 4. The first-order valence-corrected chi connectivity index (χ1v) is 38.9. The summed E-state index contributed by atoms with van der Waals surface area (Å²) >= 11 is 0. The van der Waals surface area contributed by atoms with Gasteiger partial charge in [-0.05, 0) is 131 Å². The standard InChI is InChI=1S/C72H108N19O27P/c1-5-35(2)57(90-66(109)52(34-55(100)101)87-60(103)45(12-9-29-80-72(77)78)83-67(110)56(74)36(3)92)68(111)88-50(31-39-15-21-42(95)22-16-39)63(106)82-46(25-26-53(96)97)61(104)91-58(37(4)93)69(112)89-51(33-54(98)99)65(108)86-49(32-40-17-23-43(24-18-40)118-119(115,116)117)64(107)85-48(30-38-13-19-41(94)20-14-38)62(105)81-44(11-8-28-79-71(75)76)59(102)84-47(70(113)114)10-6-7-27-73/h13-24,35-37,44-52,56-58,92-95H,5-12,25-34,73-74H2,1-4H3,(H,81,105)(H,82,106)(H,83,110)(H,84,102)(H,85,107)(H,86,108)(H,87,103)(H,88,111)(H,89,112)(H,90,109)(H,91,104)(H,96,97)(H,98,99)(H,100,101)(H,113,114)(H4,75,76,79)(H4,77,78,80)(H2,115,116,117)/t35-,36+,37+,44-,45-,46-,47-,48-,49-,50-,51-,52-,56-,57-,58-/m0/s1. The highest BCUT2D eigenvalue weighted by Crippen LogP contribution is 2.37. The van der Waals surface area contributed by atoms with Crippen LogP contribution in [0.4, 0.5) is 0 Å². The molecule has 15 atom stereocenters. The van der Waals surface area contributed by atoms with Gasteiger partial charge in [0.05, 0.1) is 25.0 Å². The van der Waals surface area contributed by atoms with Gasteiger partial charge in [-0.15, -0.1) is 0 Å². The minimum absolute atomic E-state index is 0.00904. The summed E-state index contributed by atoms with van der Waals surface area (Å²) in [7, 11) is -5.16. The monoisotopic (exact) mass is 1700 g/mol. The number of nitrogens with one attached hydrogen (secondary N) is 15. The van der Waals surface area contributed by atoms with E-state index in [0.717, 1.165) is 19.1 Å². The van der Waals surface area contributed by atoms with Crippen LogP contribution >= 0.6 is 7.82 Å². The number of amides is 11. The molecular formula is C72H108N19O27P. The van der Waals surface area contributed by atoms with E-state index in [-0.39, 0.29) is 92.8 Å². The van der Waals surface area contributed by atoms with Crippen LogP contribution in [0.3, 0.4) is 0 Å². The van der Waals surface area contributed by atoms with Gasteiger partial charge in [0.25, 0.3) is 0 Å². The minimum Gasteiger partial charge on any atom is -0.508 e. The molecule has 0 aromatic heterocycles. The van der Waals surface area contributed by atoms with E-state index in [2.05, 4.69) is 73.6 Å². The number of aliphatic carboxylic acids is 4. The number of unbranched alkanes of at least 4 members (excludes halogenated alkanes) is 1. The number of phosphoric ester groups is 1. The smallest absolute Gasteiger partial charge is 0.508 e. The van der Waals surface area contributed by atoms with Gasteiger partial charge in [-0.3, -0.25) is 87.7 Å². The highest BCUT2D eigenvalue weighted by Gasteiger charge is 2.40. The van der Waals surface area contributed by atoms with Crippen LogP contribution in [0.2, 0.25) is 0 Å². The Hall–Kier alpha value is -12.4. The maximum absolute atomic E-state index is 14.9. The largest absolute Gasteiger partial charge is 0.524 e. The quantitative estimate of drug-likeness (QED) is 0.0108. The molecule has 0 saturated heterocycles. The Morgan fingerprint density at radius 2 is 0.748 bits per heavy atom. The molecule has 0 radical (unpaired) electrons. The van der Waals surface area contributed by atoms with E-state index in [1.807, 2.05) is 0 Å². The number of carbonyl (C=O) groups is 15. The van der Waals surface area contributed by atoms with Crippen LogP contribution < -0.4 is 96.6 Å². The third-order valence-corrected chi connectivity index (χ3v) is 18.5. The Morgan fingerprint density at radius 3 is 1.13 bits per heavy atom. The highest BCUT2D eigenvalue weighted by atomic mass is 31.2. The van der Waals surface area contributed by atoms with Gasteiger partial charge in [-0.25, -0.2) is 9.36 Å². The van der Waals surface area contributed by atoms with E-state index in [1.54, 1.807) is 6.92 Å². The molecule has 3 aromatic rings. The maximum atomic E-state index is 14.9. The van der Waals surface area contributed by atoms with E-state index in [9.17, 15) is 127 Å². The zero-order valence-electron chi connectivity index (χ0n) is 65.5. The van der Waals surface area contributed by atoms with Gasteiger partial charge in [0.15, 0.2) is 11.9 Å². The van der Waals surface area contributed by atoms with Crippen LogP contribution in [-0.4, -0.2) is 256 Å². The summed E-state index contributed by atoms with van der Waals surface area (Å²) in [5.74, 6) is -23.0. The number of phenols is 2. The third-order valence-electron chi connectivity index (χ3n) is 18.0. The maximum Gasteiger partial charge on any atom is 0.524 e. The SMILES string of the molecule is CC[C@H](C)[C@H](NC(=O)[C@H](CC(=O)O)NC(=O)[C@H](CCCNC(=N)N)NC(=O)[C@@H](N)[C@@H](C)O)C(=O)N[C@@H](Cc1ccc(O)cc1)C(=O)N[C@@H](CCC(=O)O)C(=O)N[C@H](C(=O)N[C@@H](CC(=O)O)C(=O)N[C@@H](Cc1ccc(OP(=O)(O)O)cc1)C(=O)N[C@@H](Cc1ccc(O)cc1)C(=O)N[C@@H](CCCNC(=N)N)C(=O)N[C@@H](CCCCN)C(=O)O)[C@@H](C)O. The zero-order chi connectivity index (χ0) is 89.6. The van der Waals surface area contributed by atoms with Crippen molar-refractivity contribution in [3.8, 4) is 17.2 Å². The van der Waals surface area contributed by atoms with Crippen molar-refractivity contribution in [3.05, 3.63) is 89.5 Å². The number of guanidine groups is 2. The van der Waals surface area contributed by atoms with Gasteiger partial charge in [-0.1, -0.05) is 56.7 Å². The second-order valence-corrected chi connectivity index (χ2v) is 29.0. The Kier molecular flexibility index (Phi) is 42.6. The lowest BCUT2D eigenvalue weighted by Crippen LogP contribution is -2.63. The fourth-order valence-electron chi connectivity index (χ4n) is 11.3. The van der Waals surface area contributed by atoms with Crippen LogP contribution in [0, 0.1) is 16.7 Å². The first kappa shape index (κ1) is 101. The van der Waals surface area contributed by atoms with Crippen molar-refractivity contribution < 1.29 is 132 Å². The lowest BCUT2D eigenvalue weighted by atomic mass is 9.96. The zero-order valence-corrected chi connectivity index (χ0v) is 66.4. The van der Waals surface area contributed by atoms with Gasteiger partial charge < -0.3 is 137 Å². The molecular weight excluding hydrogens is 1590 g/mol. The molecule has 0 aliphatic heterocycles. The number of aliphatic hydroxyl groups excluding tert-OH is 2. The molecule has 0 unspecified atom stereocenters. The van der Waals surface area contributed by atoms with Gasteiger partial charge in [-0.2, -0.15) is 0 Å². The molecule has 3 aromatic carbocycles. The van der Waals surface area contributed by atoms with Crippen molar-refractivity contribution in [1.82, 2.24) is 69.1 Å². The number of hydrogen-bond acceptors (Lipinski definition) is 25. The molecule has 47 heteroatoms. The topological polar surface area (TPSA) is 793 Å². The number of phenolic OH excluding ortho intramolecular Hbond substituents is 2. The second-order valence-electron chi connectivity index (χ2n) is 27.8. The lowest BCUT2D eigenvalue weighted by Gasteiger charge is -2.30. The first-order chi connectivity index (χ1) is 55.8. The minimum atomic E-state index is -5.16. The van der Waals surface area contributed by atoms with Gasteiger partial charge in [0.2, 0.25) is 65.0 Å². The highest BCUT2D eigenvalue weighted by molar-refractivity contribution is 7.46. The third kappa shape index (κ3) is 38.1. The number of nitrogens with two attached hydrogens (primary N) is 4. The fourth-order valence-corrected chi connectivity index (χ4v) is 11.7. The second kappa shape index (κ2) is 50.3. The van der Waals surface area contributed by atoms with Crippen LogP contribution in [0.5, 0.6) is 17.2 Å². The first-order valence-electron chi connectivity index (χ1n) is 37.4. The van der Waals surface area contributed by atoms with Crippen molar-refractivity contribution in [3.63, 3.8) is 0 Å². The number of carbonyl (C=O) groups excluding carboxylic acids is 11. The summed E-state index contributed by atoms with van der Waals surface area (Å²) in [6, 6.07) is -7.69. The van der Waals surface area contributed by atoms with E-state index in [0.29, 0.717) is 6.42 Å². The summed E-state index contributed by atoms with van der Waals surface area (Å²) in [6.45, 7) is 5.27. The van der Waals surface area contributed by atoms with Crippen molar-refractivity contribution in [2.45, 2.75) is 209 Å². The molecule has 3 rings (SSSR count). The molecule has 0 fully saturated rings. The predicted octanol–water partition coefficient (Wildman–Crippen LogP) is -6.38. The summed E-state index contributed by atoms with van der Waals surface area (Å²) in [5, 5.41) is 127. The Morgan fingerprint density at radius 1 is 0.420 bits per heavy atom. The summed E-state index contributed by atoms with van der Waals surface area (Å²) in [6.07, 6.45) is -9.18. The van der Waals surface area contributed by atoms with Gasteiger partial charge >= 0.3 is 31.7 Å². The number of carboxylic acid groups (broad SMARTS) is 4. The normalized spacial score (nSPS) is 14.9. The van der Waals surface area contributed by atoms with E-state index in [1.165, 1.54) is 74.5 Å². The Labute approximate surface area is 681 Å². The molecule has 46 nitrogen and oxygen atoms in total. The van der Waals surface area contributed by atoms with Crippen LogP contribution in [0.15, 0.2) is 72.8 Å². The molecule has 0 aliphatic rings. The number of aliphatic hydroxyl groups is 2. The van der Waals surface area contributed by atoms with Crippen LogP contribution in [0.1, 0.15) is 121 Å². The number of phosphoric acid groups is 1. The number of rotatable bonds is 54. The summed E-state index contributed by atoms with van der Waals surface area (Å²) in [5.41, 5.74) is 22.6. The molecule has 0 saturated carbocycles. The summed E-state index contributed by atoms with van der Waals surface area (Å²) in [4.78, 5) is 226. The van der Waals surface area contributed by atoms with Crippen molar-refractivity contribution >= 4 is 109 Å². The molecule has 0 aliphatic carbocycles. The van der Waals surface area contributed by atoms with Crippen molar-refractivity contribution in [1.29, 1.82) is 10.8 Å². The summed E-state index contributed by atoms with van der Waals surface area (Å²) < 4.78 is 16.3. The molecule has 33 N–H and O–H groups in total. The van der Waals surface area contributed by atoms with E-state index >= 15 is 0 Å². The lowest BCUT2D eigenvalue weighted by molar-refractivity contribution is -0.143. The van der Waals surface area contributed by atoms with E-state index < -0.39 is 250 Å². The van der Waals surface area contributed by atoms with Crippen LogP contribution in [-0.2, 0) is 95.7 Å². The van der Waals surface area contributed by atoms with Gasteiger partial charge in [0.1, 0.15) is 89.8 Å². The molecule has 0 heterocycles. The average molecular weight is 1700 g/mol. The number of hydrogen-bond donors (Lipinski definition) is 29. The van der Waals surface area contributed by atoms with Crippen molar-refractivity contribution in [2.75, 3.05) is 19.6 Å². The molecule has 11 amide bonds. The average Bonchev–Trinajstić information content (AvgIpc) is 0.843. The van der Waals surface area contributed by atoms with E-state index in [4.69, 9.17) is 33.8 Å². The fraction of sp³-hybridized carbons (Fsp3) is 0.514. The molecule has 0 bridgehead atoms. The Bertz CT molecular complexity index is 4050. The van der Waals surface area contributed by atoms with Gasteiger partial charge in [0, 0.05) is 38.8 Å². The number of aromatic hydroxyl groups is 2. The molecule has 658 valence electrons. The van der Waals surface area contributed by atoms with Crippen LogP contribution in [0.25, 0.3) is 0 Å². The Balaban J connectivity index is 2.12.